The van der Waals surface area contributed by atoms with Crippen LogP contribution in [0.4, 0.5) is 0 Å². The second kappa shape index (κ2) is 10.3. The zero-order chi connectivity index (χ0) is 23.2. The number of fused-ring (bicyclic) bond motifs is 1. The van der Waals surface area contributed by atoms with Gasteiger partial charge in [0.05, 0.1) is 18.6 Å². The molecule has 0 unspecified atom stereocenters. The van der Waals surface area contributed by atoms with Gasteiger partial charge in [-0.05, 0) is 74.2 Å². The first kappa shape index (κ1) is 22.5. The van der Waals surface area contributed by atoms with E-state index in [1.807, 2.05) is 68.6 Å². The summed E-state index contributed by atoms with van der Waals surface area (Å²) in [6, 6.07) is 13.2. The Balaban J connectivity index is 1.42. The topological polar surface area (TPSA) is 75.3 Å². The molecular weight excluding hydrogens is 414 g/mol. The molecule has 0 radical (unpaired) electrons. The van der Waals surface area contributed by atoms with Gasteiger partial charge in [-0.15, -0.1) is 0 Å². The molecule has 6 heteroatoms. The minimum Gasteiger partial charge on any atom is -0.493 e. The Kier molecular flexibility index (Phi) is 7.03. The number of hydrogen-bond donors (Lipinski definition) is 1. The van der Waals surface area contributed by atoms with E-state index in [0.717, 1.165) is 46.5 Å². The molecule has 0 saturated carbocycles. The third kappa shape index (κ3) is 5.22. The van der Waals surface area contributed by atoms with Gasteiger partial charge in [-0.25, -0.2) is 4.98 Å². The summed E-state index contributed by atoms with van der Waals surface area (Å²) in [5.41, 5.74) is 5.10. The Bertz CT molecular complexity index is 1140. The van der Waals surface area contributed by atoms with Gasteiger partial charge in [0.25, 0.3) is 5.91 Å². The van der Waals surface area contributed by atoms with E-state index in [9.17, 15) is 9.59 Å². The van der Waals surface area contributed by atoms with Crippen molar-refractivity contribution in [2.45, 2.75) is 33.1 Å². The van der Waals surface area contributed by atoms with Crippen molar-refractivity contribution in [3.63, 3.8) is 0 Å². The molecule has 6 nitrogen and oxygen atoms in total. The fraction of sp³-hybridized carbons (Fsp3) is 0.296. The summed E-state index contributed by atoms with van der Waals surface area (Å²) in [7, 11) is 0. The number of H-pyrrole nitrogens is 1. The van der Waals surface area contributed by atoms with Crippen LogP contribution in [0.1, 0.15) is 57.8 Å². The maximum Gasteiger partial charge on any atom is 0.253 e. The summed E-state index contributed by atoms with van der Waals surface area (Å²) in [6.45, 7) is 5.86. The number of Topliss-reactive ketones (excluding diaryl/α,β-unsaturated/α-hetero) is 1. The van der Waals surface area contributed by atoms with E-state index in [1.54, 1.807) is 11.2 Å². The average molecular weight is 444 g/mol. The lowest BCUT2D eigenvalue weighted by molar-refractivity contribution is 0.0772. The lowest BCUT2D eigenvalue weighted by Crippen LogP contribution is -2.30. The summed E-state index contributed by atoms with van der Waals surface area (Å²) in [6.07, 6.45) is 7.66. The van der Waals surface area contributed by atoms with Crippen molar-refractivity contribution < 1.29 is 14.3 Å². The number of allylic oxidation sites excluding steroid dienone is 1. The Labute approximate surface area is 194 Å². The summed E-state index contributed by atoms with van der Waals surface area (Å²) in [5.74, 6) is 0.866. The molecule has 1 heterocycles. The highest BCUT2D eigenvalue weighted by molar-refractivity contribution is 6.13. The van der Waals surface area contributed by atoms with Gasteiger partial charge in [0.1, 0.15) is 5.75 Å². The molecule has 0 aliphatic heterocycles. The number of amides is 1. The second-order valence-electron chi connectivity index (χ2n) is 8.08. The predicted molar refractivity (Wildman–Crippen MR) is 129 cm³/mol. The molecule has 1 aliphatic carbocycles. The molecule has 0 atom stereocenters. The van der Waals surface area contributed by atoms with Crippen molar-refractivity contribution in [3.05, 3.63) is 88.5 Å². The molecule has 1 aromatic heterocycles. The van der Waals surface area contributed by atoms with Gasteiger partial charge in [0.15, 0.2) is 5.78 Å². The molecule has 0 spiro atoms. The second-order valence-corrected chi connectivity index (χ2v) is 8.08. The Morgan fingerprint density at radius 1 is 1.12 bits per heavy atom. The van der Waals surface area contributed by atoms with Crippen LogP contribution in [0.5, 0.6) is 5.75 Å². The van der Waals surface area contributed by atoms with E-state index in [0.29, 0.717) is 31.7 Å². The monoisotopic (exact) mass is 443 g/mol. The van der Waals surface area contributed by atoms with Crippen LogP contribution >= 0.6 is 0 Å². The zero-order valence-electron chi connectivity index (χ0n) is 19.1. The SMILES string of the molecule is CCN(CC)C(=O)c1ccc(C=C2CCc3cc(OCCc4c[nH]cn4)ccc3C2=O)cc1. The maximum atomic E-state index is 13.1. The first-order chi connectivity index (χ1) is 16.1. The van der Waals surface area contributed by atoms with Crippen molar-refractivity contribution >= 4 is 17.8 Å². The van der Waals surface area contributed by atoms with Crippen LogP contribution in [-0.4, -0.2) is 46.3 Å². The van der Waals surface area contributed by atoms with Crippen LogP contribution in [0.2, 0.25) is 0 Å². The smallest absolute Gasteiger partial charge is 0.253 e. The van der Waals surface area contributed by atoms with Crippen molar-refractivity contribution in [2.75, 3.05) is 19.7 Å². The van der Waals surface area contributed by atoms with Gasteiger partial charge in [0, 0.05) is 42.4 Å². The molecule has 0 bridgehead atoms. The predicted octanol–water partition coefficient (Wildman–Crippen LogP) is 4.73. The molecule has 2 aromatic carbocycles. The molecular formula is C27H29N3O3. The molecule has 1 N–H and O–H groups in total. The number of aryl methyl sites for hydroxylation is 1. The number of nitrogens with one attached hydrogen (secondary N) is 1. The van der Waals surface area contributed by atoms with E-state index >= 15 is 0 Å². The summed E-state index contributed by atoms with van der Waals surface area (Å²) in [5, 5.41) is 0. The number of aromatic amines is 1. The average Bonchev–Trinajstić information content (AvgIpc) is 3.36. The normalized spacial score (nSPS) is 14.2. The van der Waals surface area contributed by atoms with Crippen LogP contribution < -0.4 is 4.74 Å². The lowest BCUT2D eigenvalue weighted by Gasteiger charge is -2.19. The first-order valence-electron chi connectivity index (χ1n) is 11.5. The Morgan fingerprint density at radius 3 is 2.61 bits per heavy atom. The number of hydrogen-bond acceptors (Lipinski definition) is 4. The Hall–Kier alpha value is -3.67. The molecule has 33 heavy (non-hydrogen) atoms. The summed E-state index contributed by atoms with van der Waals surface area (Å²) >= 11 is 0. The molecule has 4 rings (SSSR count). The van der Waals surface area contributed by atoms with Gasteiger partial charge in [-0.3, -0.25) is 9.59 Å². The molecule has 3 aromatic rings. The number of ketones is 1. The number of aromatic nitrogens is 2. The van der Waals surface area contributed by atoms with Crippen LogP contribution in [-0.2, 0) is 12.8 Å². The highest BCUT2D eigenvalue weighted by Gasteiger charge is 2.22. The number of nitrogens with zero attached hydrogens (tertiary/aromatic N) is 2. The van der Waals surface area contributed by atoms with Crippen molar-refractivity contribution in [1.29, 1.82) is 0 Å². The first-order valence-corrected chi connectivity index (χ1v) is 11.5. The van der Waals surface area contributed by atoms with Gasteiger partial charge >= 0.3 is 0 Å². The van der Waals surface area contributed by atoms with Crippen LogP contribution in [0.3, 0.4) is 0 Å². The summed E-state index contributed by atoms with van der Waals surface area (Å²) < 4.78 is 5.86. The number of ether oxygens (including phenoxy) is 1. The van der Waals surface area contributed by atoms with E-state index in [-0.39, 0.29) is 11.7 Å². The highest BCUT2D eigenvalue weighted by Crippen LogP contribution is 2.29. The van der Waals surface area contributed by atoms with E-state index < -0.39 is 0 Å². The zero-order valence-corrected chi connectivity index (χ0v) is 19.1. The number of rotatable bonds is 8. The van der Waals surface area contributed by atoms with Crippen molar-refractivity contribution in [2.24, 2.45) is 0 Å². The maximum absolute atomic E-state index is 13.1. The molecule has 0 fully saturated rings. The molecule has 0 saturated heterocycles. The highest BCUT2D eigenvalue weighted by atomic mass is 16.5. The van der Waals surface area contributed by atoms with Gasteiger partial charge < -0.3 is 14.6 Å². The van der Waals surface area contributed by atoms with Crippen LogP contribution in [0.15, 0.2) is 60.6 Å². The van der Waals surface area contributed by atoms with Crippen LogP contribution in [0.25, 0.3) is 6.08 Å². The number of carbonyl (C=O) groups excluding carboxylic acids is 2. The van der Waals surface area contributed by atoms with Gasteiger partial charge in [-0.1, -0.05) is 12.1 Å². The number of imidazole rings is 1. The van der Waals surface area contributed by atoms with Crippen LogP contribution in [0, 0.1) is 0 Å². The number of benzene rings is 2. The minimum atomic E-state index is 0.0317. The largest absolute Gasteiger partial charge is 0.493 e. The van der Waals surface area contributed by atoms with E-state index in [1.165, 1.54) is 0 Å². The quantitative estimate of drug-likeness (QED) is 0.511. The fourth-order valence-corrected chi connectivity index (χ4v) is 4.10. The fourth-order valence-electron chi connectivity index (χ4n) is 4.10. The lowest BCUT2D eigenvalue weighted by atomic mass is 9.86. The van der Waals surface area contributed by atoms with Gasteiger partial charge in [-0.2, -0.15) is 0 Å². The Morgan fingerprint density at radius 2 is 1.91 bits per heavy atom. The third-order valence-electron chi connectivity index (χ3n) is 6.01. The van der Waals surface area contributed by atoms with E-state index in [4.69, 9.17) is 4.74 Å². The van der Waals surface area contributed by atoms with Gasteiger partial charge in [0.2, 0.25) is 0 Å². The molecule has 1 aliphatic rings. The van der Waals surface area contributed by atoms with E-state index in [2.05, 4.69) is 9.97 Å². The van der Waals surface area contributed by atoms with Crippen molar-refractivity contribution in [3.8, 4) is 5.75 Å². The summed E-state index contributed by atoms with van der Waals surface area (Å²) in [4.78, 5) is 34.5. The third-order valence-corrected chi connectivity index (χ3v) is 6.01. The molecule has 170 valence electrons. The standard InChI is InChI=1S/C27H29N3O3/c1-3-30(4-2)27(32)20-7-5-19(6-8-20)15-22-10-9-21-16-24(11-12-25(21)26(22)31)33-14-13-23-17-28-18-29-23/h5-8,11-12,15-18H,3-4,9-10,13-14H2,1-2H3,(H,28,29). The molecule has 1 amide bonds. The minimum absolute atomic E-state index is 0.0317. The van der Waals surface area contributed by atoms with Crippen molar-refractivity contribution in [1.82, 2.24) is 14.9 Å². The number of carbonyl (C=O) groups is 2.